The van der Waals surface area contributed by atoms with Crippen molar-refractivity contribution in [3.8, 4) is 11.5 Å². The highest BCUT2D eigenvalue weighted by molar-refractivity contribution is 5.94. The molecule has 1 amide bonds. The highest BCUT2D eigenvalue weighted by Crippen LogP contribution is 2.22. The first-order chi connectivity index (χ1) is 10.7. The maximum Gasteiger partial charge on any atom is 0.272 e. The minimum Gasteiger partial charge on any atom is -0.507 e. The fourth-order valence-corrected chi connectivity index (χ4v) is 1.66. The van der Waals surface area contributed by atoms with Gasteiger partial charge in [-0.25, -0.2) is 5.43 Å². The number of carbonyl (C=O) groups is 1. The van der Waals surface area contributed by atoms with Crippen LogP contribution in [0.25, 0.3) is 0 Å². The zero-order valence-electron chi connectivity index (χ0n) is 12.2. The van der Waals surface area contributed by atoms with E-state index in [0.717, 1.165) is 6.42 Å². The predicted molar refractivity (Wildman–Crippen MR) is 83.2 cm³/mol. The van der Waals surface area contributed by atoms with Gasteiger partial charge in [0.15, 0.2) is 0 Å². The summed E-state index contributed by atoms with van der Waals surface area (Å²) in [6.45, 7) is 2.60. The van der Waals surface area contributed by atoms with Gasteiger partial charge < -0.3 is 9.84 Å². The third-order valence-corrected chi connectivity index (χ3v) is 2.77. The Morgan fingerprint density at radius 2 is 2.32 bits per heavy atom. The lowest BCUT2D eigenvalue weighted by molar-refractivity contribution is 0.0954. The Balaban J connectivity index is 1.97. The minimum atomic E-state index is -0.369. The average Bonchev–Trinajstić information content (AvgIpc) is 2.55. The Morgan fingerprint density at radius 1 is 1.45 bits per heavy atom. The molecule has 0 saturated carbocycles. The normalized spacial score (nSPS) is 10.6. The standard InChI is InChI=1S/C16H17N3O3/c1-2-8-22-14-6-5-12(15(20)9-14)11-18-19-16(21)13-4-3-7-17-10-13/h3-7,9-11,20H,2,8H2,1H3,(H,19,21). The SMILES string of the molecule is CCCOc1ccc(C=NNC(=O)c2cccnc2)c(O)c1. The smallest absolute Gasteiger partial charge is 0.272 e. The quantitative estimate of drug-likeness (QED) is 0.633. The van der Waals surface area contributed by atoms with E-state index < -0.39 is 0 Å². The second-order valence-electron chi connectivity index (χ2n) is 4.51. The van der Waals surface area contributed by atoms with E-state index in [1.165, 1.54) is 18.5 Å². The summed E-state index contributed by atoms with van der Waals surface area (Å²) >= 11 is 0. The van der Waals surface area contributed by atoms with Crippen molar-refractivity contribution in [1.29, 1.82) is 0 Å². The minimum absolute atomic E-state index is 0.0352. The van der Waals surface area contributed by atoms with E-state index in [2.05, 4.69) is 15.5 Å². The molecule has 2 N–H and O–H groups in total. The number of hydrogen-bond acceptors (Lipinski definition) is 5. The summed E-state index contributed by atoms with van der Waals surface area (Å²) < 4.78 is 5.41. The van der Waals surface area contributed by atoms with E-state index in [4.69, 9.17) is 4.74 Å². The lowest BCUT2D eigenvalue weighted by atomic mass is 10.2. The van der Waals surface area contributed by atoms with Crippen LogP contribution >= 0.6 is 0 Å². The molecule has 0 radical (unpaired) electrons. The molecular weight excluding hydrogens is 282 g/mol. The number of nitrogens with one attached hydrogen (secondary N) is 1. The number of aromatic nitrogens is 1. The third kappa shape index (κ3) is 4.31. The maximum absolute atomic E-state index is 11.7. The van der Waals surface area contributed by atoms with Gasteiger partial charge in [-0.05, 0) is 30.7 Å². The first-order valence-electron chi connectivity index (χ1n) is 6.90. The highest BCUT2D eigenvalue weighted by atomic mass is 16.5. The van der Waals surface area contributed by atoms with Crippen molar-refractivity contribution in [2.75, 3.05) is 6.61 Å². The molecule has 0 aliphatic heterocycles. The summed E-state index contributed by atoms with van der Waals surface area (Å²) in [4.78, 5) is 15.6. The molecule has 1 heterocycles. The molecule has 22 heavy (non-hydrogen) atoms. The van der Waals surface area contributed by atoms with Gasteiger partial charge in [0, 0.05) is 24.0 Å². The number of benzene rings is 1. The number of ether oxygens (including phenoxy) is 1. The Kier molecular flexibility index (Phi) is 5.48. The molecule has 0 aliphatic rings. The van der Waals surface area contributed by atoms with Gasteiger partial charge >= 0.3 is 0 Å². The van der Waals surface area contributed by atoms with Gasteiger partial charge in [0.2, 0.25) is 0 Å². The fraction of sp³-hybridized carbons (Fsp3) is 0.188. The second kappa shape index (κ2) is 7.78. The molecule has 6 heteroatoms. The number of phenols is 1. The molecule has 2 aromatic rings. The van der Waals surface area contributed by atoms with Crippen molar-refractivity contribution in [1.82, 2.24) is 10.4 Å². The summed E-state index contributed by atoms with van der Waals surface area (Å²) in [6, 6.07) is 8.22. The van der Waals surface area contributed by atoms with Crippen LogP contribution in [0.5, 0.6) is 11.5 Å². The number of hydrazone groups is 1. The molecule has 114 valence electrons. The van der Waals surface area contributed by atoms with Gasteiger partial charge in [-0.3, -0.25) is 9.78 Å². The molecule has 0 spiro atoms. The number of amides is 1. The van der Waals surface area contributed by atoms with Gasteiger partial charge in [0.1, 0.15) is 11.5 Å². The van der Waals surface area contributed by atoms with Crippen molar-refractivity contribution < 1.29 is 14.6 Å². The molecule has 2 rings (SSSR count). The van der Waals surface area contributed by atoms with Crippen LogP contribution in [0.3, 0.4) is 0 Å². The molecule has 1 aromatic heterocycles. The van der Waals surface area contributed by atoms with Crippen LogP contribution in [0.4, 0.5) is 0 Å². The van der Waals surface area contributed by atoms with Crippen LogP contribution in [-0.4, -0.2) is 28.8 Å². The van der Waals surface area contributed by atoms with E-state index in [9.17, 15) is 9.90 Å². The molecule has 0 fully saturated rings. The van der Waals surface area contributed by atoms with Crippen molar-refractivity contribution in [3.63, 3.8) is 0 Å². The molecule has 6 nitrogen and oxygen atoms in total. The van der Waals surface area contributed by atoms with Crippen LogP contribution in [0.15, 0.2) is 47.8 Å². The van der Waals surface area contributed by atoms with Crippen molar-refractivity contribution in [2.45, 2.75) is 13.3 Å². The Morgan fingerprint density at radius 3 is 3.00 bits per heavy atom. The molecule has 1 aromatic carbocycles. The third-order valence-electron chi connectivity index (χ3n) is 2.77. The van der Waals surface area contributed by atoms with Crippen LogP contribution in [0, 0.1) is 0 Å². The largest absolute Gasteiger partial charge is 0.507 e. The van der Waals surface area contributed by atoms with E-state index in [0.29, 0.717) is 23.5 Å². The summed E-state index contributed by atoms with van der Waals surface area (Å²) in [5, 5.41) is 13.7. The number of rotatable bonds is 6. The van der Waals surface area contributed by atoms with Gasteiger partial charge in [-0.15, -0.1) is 0 Å². The van der Waals surface area contributed by atoms with E-state index in [1.54, 1.807) is 30.5 Å². The van der Waals surface area contributed by atoms with E-state index in [-0.39, 0.29) is 11.7 Å². The van der Waals surface area contributed by atoms with E-state index in [1.807, 2.05) is 6.92 Å². The summed E-state index contributed by atoms with van der Waals surface area (Å²) in [5.74, 6) is 0.260. The summed E-state index contributed by atoms with van der Waals surface area (Å²) in [5.41, 5.74) is 3.26. The van der Waals surface area contributed by atoms with Crippen molar-refractivity contribution in [3.05, 3.63) is 53.9 Å². The number of pyridine rings is 1. The van der Waals surface area contributed by atoms with Crippen LogP contribution in [0.2, 0.25) is 0 Å². The van der Waals surface area contributed by atoms with Gasteiger partial charge in [0.05, 0.1) is 18.4 Å². The van der Waals surface area contributed by atoms with Crippen molar-refractivity contribution >= 4 is 12.1 Å². The van der Waals surface area contributed by atoms with Crippen LogP contribution in [-0.2, 0) is 0 Å². The fourth-order valence-electron chi connectivity index (χ4n) is 1.66. The maximum atomic E-state index is 11.7. The van der Waals surface area contributed by atoms with Crippen LogP contribution in [0.1, 0.15) is 29.3 Å². The lowest BCUT2D eigenvalue weighted by Gasteiger charge is -2.06. The number of aromatic hydroxyl groups is 1. The van der Waals surface area contributed by atoms with E-state index >= 15 is 0 Å². The van der Waals surface area contributed by atoms with Gasteiger partial charge in [-0.1, -0.05) is 6.92 Å². The molecule has 0 atom stereocenters. The summed E-state index contributed by atoms with van der Waals surface area (Å²) in [7, 11) is 0. The summed E-state index contributed by atoms with van der Waals surface area (Å²) in [6.07, 6.45) is 5.29. The Bertz CT molecular complexity index is 657. The second-order valence-corrected chi connectivity index (χ2v) is 4.51. The molecule has 0 aliphatic carbocycles. The zero-order valence-corrected chi connectivity index (χ0v) is 12.2. The average molecular weight is 299 g/mol. The Hall–Kier alpha value is -2.89. The van der Waals surface area contributed by atoms with Gasteiger partial charge in [0.25, 0.3) is 5.91 Å². The molecule has 0 saturated heterocycles. The monoisotopic (exact) mass is 299 g/mol. The number of hydrogen-bond donors (Lipinski definition) is 2. The highest BCUT2D eigenvalue weighted by Gasteiger charge is 2.04. The number of carbonyl (C=O) groups excluding carboxylic acids is 1. The predicted octanol–water partition coefficient (Wildman–Crippen LogP) is 2.34. The lowest BCUT2D eigenvalue weighted by Crippen LogP contribution is -2.17. The van der Waals surface area contributed by atoms with Crippen LogP contribution < -0.4 is 10.2 Å². The molecular formula is C16H17N3O3. The topological polar surface area (TPSA) is 83.8 Å². The molecule has 0 unspecified atom stereocenters. The Labute approximate surface area is 128 Å². The van der Waals surface area contributed by atoms with Gasteiger partial charge in [-0.2, -0.15) is 5.10 Å². The first kappa shape index (κ1) is 15.5. The number of nitrogens with zero attached hydrogens (tertiary/aromatic N) is 2. The molecule has 0 bridgehead atoms. The zero-order chi connectivity index (χ0) is 15.8. The van der Waals surface area contributed by atoms with Crippen molar-refractivity contribution in [2.24, 2.45) is 5.10 Å². The number of phenolic OH excluding ortho intramolecular Hbond substituents is 1. The first-order valence-corrected chi connectivity index (χ1v) is 6.90.